The van der Waals surface area contributed by atoms with Crippen molar-refractivity contribution < 1.29 is 18.5 Å². The zero-order chi connectivity index (χ0) is 16.1. The maximum atomic E-state index is 13.6. The van der Waals surface area contributed by atoms with Gasteiger partial charge in [-0.15, -0.1) is 0 Å². The minimum atomic E-state index is -0.467. The van der Waals surface area contributed by atoms with Crippen molar-refractivity contribution in [3.63, 3.8) is 0 Å². The fourth-order valence-electron chi connectivity index (χ4n) is 2.09. The summed E-state index contributed by atoms with van der Waals surface area (Å²) < 4.78 is 26.5. The standard InChI is InChI=1S/C16H15ClF2N2O/c1-21(9-11-4-2-3-5-14(11)19)10-16(22)20-15-7-6-12(18)8-13(15)17/h2-8H,9-10H2,1H3,(H,20,22)/p+1. The van der Waals surface area contributed by atoms with E-state index in [1.807, 2.05) is 0 Å². The zero-order valence-electron chi connectivity index (χ0n) is 12.0. The highest BCUT2D eigenvalue weighted by atomic mass is 35.5. The summed E-state index contributed by atoms with van der Waals surface area (Å²) in [6.07, 6.45) is 0. The van der Waals surface area contributed by atoms with E-state index in [0.717, 1.165) is 11.0 Å². The van der Waals surface area contributed by atoms with Gasteiger partial charge < -0.3 is 10.2 Å². The lowest BCUT2D eigenvalue weighted by molar-refractivity contribution is -0.885. The van der Waals surface area contributed by atoms with Crippen LogP contribution in [0.5, 0.6) is 0 Å². The largest absolute Gasteiger partial charge is 0.326 e. The number of carbonyl (C=O) groups is 1. The molecule has 2 aromatic rings. The van der Waals surface area contributed by atoms with Crippen molar-refractivity contribution in [3.8, 4) is 0 Å². The summed E-state index contributed by atoms with van der Waals surface area (Å²) in [6.45, 7) is 0.527. The van der Waals surface area contributed by atoms with Gasteiger partial charge in [-0.2, -0.15) is 0 Å². The van der Waals surface area contributed by atoms with E-state index in [1.54, 1.807) is 25.2 Å². The van der Waals surface area contributed by atoms with Crippen molar-refractivity contribution in [2.75, 3.05) is 18.9 Å². The van der Waals surface area contributed by atoms with E-state index in [-0.39, 0.29) is 23.3 Å². The van der Waals surface area contributed by atoms with Crippen LogP contribution in [0.1, 0.15) is 5.56 Å². The number of hydrogen-bond donors (Lipinski definition) is 2. The fourth-order valence-corrected chi connectivity index (χ4v) is 2.30. The Morgan fingerprint density at radius 2 is 1.95 bits per heavy atom. The Kier molecular flexibility index (Phi) is 5.46. The summed E-state index contributed by atoms with van der Waals surface area (Å²) in [6, 6.07) is 10.2. The molecule has 0 spiro atoms. The zero-order valence-corrected chi connectivity index (χ0v) is 12.8. The molecular formula is C16H16ClF2N2O+. The number of quaternary nitrogens is 1. The van der Waals surface area contributed by atoms with Gasteiger partial charge in [0.15, 0.2) is 6.54 Å². The molecule has 0 heterocycles. The van der Waals surface area contributed by atoms with Crippen molar-refractivity contribution in [2.24, 2.45) is 0 Å². The maximum absolute atomic E-state index is 13.6. The Balaban J connectivity index is 1.93. The smallest absolute Gasteiger partial charge is 0.279 e. The highest BCUT2D eigenvalue weighted by molar-refractivity contribution is 6.33. The highest BCUT2D eigenvalue weighted by Crippen LogP contribution is 2.21. The molecule has 2 aromatic carbocycles. The van der Waals surface area contributed by atoms with Crippen LogP contribution in [0, 0.1) is 11.6 Å². The summed E-state index contributed by atoms with van der Waals surface area (Å²) in [5.74, 6) is -1.03. The van der Waals surface area contributed by atoms with Crippen molar-refractivity contribution in [1.29, 1.82) is 0 Å². The molecule has 2 N–H and O–H groups in total. The van der Waals surface area contributed by atoms with Crippen molar-refractivity contribution in [1.82, 2.24) is 0 Å². The first-order valence-corrected chi connectivity index (χ1v) is 7.13. The van der Waals surface area contributed by atoms with Gasteiger partial charge in [0.1, 0.15) is 18.2 Å². The Morgan fingerprint density at radius 3 is 2.64 bits per heavy atom. The summed E-state index contributed by atoms with van der Waals surface area (Å²) in [5.41, 5.74) is 0.902. The third kappa shape index (κ3) is 4.51. The molecule has 0 saturated carbocycles. The molecule has 1 unspecified atom stereocenters. The molecule has 0 fully saturated rings. The average Bonchev–Trinajstić information content (AvgIpc) is 2.44. The third-order valence-electron chi connectivity index (χ3n) is 3.12. The number of hydrogen-bond acceptors (Lipinski definition) is 1. The van der Waals surface area contributed by atoms with Crippen LogP contribution in [-0.4, -0.2) is 19.5 Å². The van der Waals surface area contributed by atoms with Crippen LogP contribution in [0.2, 0.25) is 5.02 Å². The van der Waals surface area contributed by atoms with E-state index < -0.39 is 5.82 Å². The van der Waals surface area contributed by atoms with Crippen LogP contribution in [0.25, 0.3) is 0 Å². The number of benzene rings is 2. The first-order valence-electron chi connectivity index (χ1n) is 6.75. The first-order chi connectivity index (χ1) is 10.5. The van der Waals surface area contributed by atoms with E-state index in [4.69, 9.17) is 11.6 Å². The minimum absolute atomic E-state index is 0.139. The van der Waals surface area contributed by atoms with Gasteiger partial charge in [-0.05, 0) is 24.3 Å². The molecule has 3 nitrogen and oxygen atoms in total. The Morgan fingerprint density at radius 1 is 1.23 bits per heavy atom. The summed E-state index contributed by atoms with van der Waals surface area (Å²) in [4.78, 5) is 12.8. The molecule has 1 amide bonds. The summed E-state index contributed by atoms with van der Waals surface area (Å²) in [7, 11) is 1.79. The van der Waals surface area contributed by atoms with E-state index in [2.05, 4.69) is 5.32 Å². The van der Waals surface area contributed by atoms with Crippen LogP contribution >= 0.6 is 11.6 Å². The molecule has 0 saturated heterocycles. The van der Waals surface area contributed by atoms with Crippen LogP contribution in [0.15, 0.2) is 42.5 Å². The van der Waals surface area contributed by atoms with E-state index in [1.165, 1.54) is 18.2 Å². The molecule has 6 heteroatoms. The van der Waals surface area contributed by atoms with Crippen LogP contribution in [0.4, 0.5) is 14.5 Å². The number of carbonyl (C=O) groups excluding carboxylic acids is 1. The van der Waals surface area contributed by atoms with Crippen LogP contribution < -0.4 is 10.2 Å². The molecule has 22 heavy (non-hydrogen) atoms. The number of anilines is 1. The third-order valence-corrected chi connectivity index (χ3v) is 3.43. The van der Waals surface area contributed by atoms with Crippen molar-refractivity contribution in [3.05, 3.63) is 64.7 Å². The Hall–Kier alpha value is -1.98. The molecule has 0 aromatic heterocycles. The predicted octanol–water partition coefficient (Wildman–Crippen LogP) is 2.27. The van der Waals surface area contributed by atoms with E-state index in [0.29, 0.717) is 17.8 Å². The molecule has 0 aliphatic carbocycles. The summed E-state index contributed by atoms with van der Waals surface area (Å²) >= 11 is 5.85. The van der Waals surface area contributed by atoms with Gasteiger partial charge in [0.2, 0.25) is 0 Å². The quantitative estimate of drug-likeness (QED) is 0.869. The molecule has 2 rings (SSSR count). The SMILES string of the molecule is C[NH+](CC(=O)Nc1ccc(F)cc1Cl)Cc1ccccc1F. The first kappa shape index (κ1) is 16.4. The van der Waals surface area contributed by atoms with Crippen LogP contribution in [-0.2, 0) is 11.3 Å². The van der Waals surface area contributed by atoms with Gasteiger partial charge in [-0.1, -0.05) is 29.8 Å². The van der Waals surface area contributed by atoms with Gasteiger partial charge >= 0.3 is 0 Å². The van der Waals surface area contributed by atoms with Crippen molar-refractivity contribution >= 4 is 23.2 Å². The highest BCUT2D eigenvalue weighted by Gasteiger charge is 2.14. The molecule has 1 atom stereocenters. The lowest BCUT2D eigenvalue weighted by Crippen LogP contribution is -3.08. The minimum Gasteiger partial charge on any atom is -0.326 e. The van der Waals surface area contributed by atoms with Crippen molar-refractivity contribution in [2.45, 2.75) is 6.54 Å². The number of rotatable bonds is 5. The lowest BCUT2D eigenvalue weighted by Gasteiger charge is -2.14. The van der Waals surface area contributed by atoms with Gasteiger partial charge in [-0.25, -0.2) is 8.78 Å². The van der Waals surface area contributed by atoms with E-state index >= 15 is 0 Å². The Labute approximate surface area is 132 Å². The molecule has 0 radical (unpaired) electrons. The molecule has 116 valence electrons. The van der Waals surface area contributed by atoms with E-state index in [9.17, 15) is 13.6 Å². The normalized spacial score (nSPS) is 12.0. The second-order valence-electron chi connectivity index (χ2n) is 5.07. The van der Waals surface area contributed by atoms with Gasteiger partial charge in [0.05, 0.1) is 17.8 Å². The number of amides is 1. The topological polar surface area (TPSA) is 33.5 Å². The predicted molar refractivity (Wildman–Crippen MR) is 81.9 cm³/mol. The van der Waals surface area contributed by atoms with Gasteiger partial charge in [0, 0.05) is 5.56 Å². The molecule has 0 aliphatic heterocycles. The molecular weight excluding hydrogens is 310 g/mol. The fraction of sp³-hybridized carbons (Fsp3) is 0.188. The number of nitrogens with one attached hydrogen (secondary N) is 2. The van der Waals surface area contributed by atoms with Gasteiger partial charge in [-0.3, -0.25) is 4.79 Å². The summed E-state index contributed by atoms with van der Waals surface area (Å²) in [5, 5.41) is 2.76. The number of likely N-dealkylation sites (N-methyl/N-ethyl adjacent to an activating group) is 1. The maximum Gasteiger partial charge on any atom is 0.279 e. The Bertz CT molecular complexity index is 679. The molecule has 0 aliphatic rings. The molecule has 0 bridgehead atoms. The second kappa shape index (κ2) is 7.33. The van der Waals surface area contributed by atoms with Gasteiger partial charge in [0.25, 0.3) is 5.91 Å². The average molecular weight is 326 g/mol. The number of halogens is 3. The lowest BCUT2D eigenvalue weighted by atomic mass is 10.2. The monoisotopic (exact) mass is 325 g/mol. The van der Waals surface area contributed by atoms with Crippen LogP contribution in [0.3, 0.4) is 0 Å². The second-order valence-corrected chi connectivity index (χ2v) is 5.48.